The Morgan fingerprint density at radius 2 is 2.18 bits per heavy atom. The van der Waals surface area contributed by atoms with Crippen LogP contribution in [-0.4, -0.2) is 16.1 Å². The van der Waals surface area contributed by atoms with Crippen molar-refractivity contribution in [3.05, 3.63) is 47.0 Å². The molecule has 0 aliphatic carbocycles. The van der Waals surface area contributed by atoms with Gasteiger partial charge in [0.1, 0.15) is 5.82 Å². The molecule has 17 heavy (non-hydrogen) atoms. The number of aromatic nitrogens is 2. The first-order valence-corrected chi connectivity index (χ1v) is 6.02. The summed E-state index contributed by atoms with van der Waals surface area (Å²) in [4.78, 5) is 4.18. The Balaban J connectivity index is 1.90. The van der Waals surface area contributed by atoms with E-state index < -0.39 is 0 Å². The summed E-state index contributed by atoms with van der Waals surface area (Å²) in [5, 5.41) is 4.14. The molecular formula is C13H16ClN3. The Morgan fingerprint density at radius 1 is 1.35 bits per heavy atom. The van der Waals surface area contributed by atoms with Crippen LogP contribution in [0.1, 0.15) is 11.4 Å². The number of benzene rings is 1. The second-order valence-corrected chi connectivity index (χ2v) is 4.47. The first-order valence-electron chi connectivity index (χ1n) is 5.64. The van der Waals surface area contributed by atoms with Crippen molar-refractivity contribution >= 4 is 17.3 Å². The molecule has 0 radical (unpaired) electrons. The van der Waals surface area contributed by atoms with Gasteiger partial charge in [-0.05, 0) is 31.5 Å². The lowest BCUT2D eigenvalue weighted by Crippen LogP contribution is -2.10. The van der Waals surface area contributed by atoms with Gasteiger partial charge in [-0.25, -0.2) is 4.98 Å². The third-order valence-corrected chi connectivity index (χ3v) is 3.18. The number of hydrogen-bond donors (Lipinski definition) is 1. The van der Waals surface area contributed by atoms with Crippen LogP contribution < -0.4 is 5.32 Å². The molecular weight excluding hydrogens is 234 g/mol. The third-order valence-electron chi connectivity index (χ3n) is 2.78. The van der Waals surface area contributed by atoms with Gasteiger partial charge in [-0.1, -0.05) is 17.7 Å². The predicted octanol–water partition coefficient (Wildman–Crippen LogP) is 3.27. The summed E-state index contributed by atoms with van der Waals surface area (Å²) < 4.78 is 2.11. The molecule has 0 spiro atoms. The van der Waals surface area contributed by atoms with E-state index in [0.29, 0.717) is 0 Å². The molecule has 0 aliphatic heterocycles. The van der Waals surface area contributed by atoms with Gasteiger partial charge >= 0.3 is 0 Å². The molecule has 0 saturated carbocycles. The fourth-order valence-electron chi connectivity index (χ4n) is 1.66. The fourth-order valence-corrected chi connectivity index (χ4v) is 1.84. The molecule has 1 N–H and O–H groups in total. The average Bonchev–Trinajstić information content (AvgIpc) is 2.70. The molecule has 0 fully saturated rings. The highest BCUT2D eigenvalue weighted by Crippen LogP contribution is 2.19. The Morgan fingerprint density at radius 3 is 2.82 bits per heavy atom. The monoisotopic (exact) mass is 249 g/mol. The van der Waals surface area contributed by atoms with Crippen LogP contribution in [0.2, 0.25) is 5.02 Å². The second-order valence-electron chi connectivity index (χ2n) is 4.06. The average molecular weight is 250 g/mol. The van der Waals surface area contributed by atoms with Crippen molar-refractivity contribution in [1.29, 1.82) is 0 Å². The molecule has 0 bridgehead atoms. The molecule has 0 unspecified atom stereocenters. The largest absolute Gasteiger partial charge is 0.383 e. The molecule has 4 heteroatoms. The zero-order valence-corrected chi connectivity index (χ0v) is 10.8. The van der Waals surface area contributed by atoms with Crippen LogP contribution in [0.4, 0.5) is 5.69 Å². The molecule has 1 heterocycles. The van der Waals surface area contributed by atoms with Gasteiger partial charge in [0, 0.05) is 36.2 Å². The lowest BCUT2D eigenvalue weighted by Gasteiger charge is -2.09. The van der Waals surface area contributed by atoms with Crippen molar-refractivity contribution in [2.24, 2.45) is 0 Å². The van der Waals surface area contributed by atoms with E-state index >= 15 is 0 Å². The maximum Gasteiger partial charge on any atom is 0.105 e. The number of aryl methyl sites for hydroxylation is 2. The van der Waals surface area contributed by atoms with E-state index in [4.69, 9.17) is 11.6 Å². The van der Waals surface area contributed by atoms with Crippen LogP contribution in [0.5, 0.6) is 0 Å². The first kappa shape index (κ1) is 12.0. The van der Waals surface area contributed by atoms with Crippen LogP contribution in [-0.2, 0) is 6.54 Å². The van der Waals surface area contributed by atoms with Crippen molar-refractivity contribution in [2.75, 3.05) is 11.9 Å². The van der Waals surface area contributed by atoms with Gasteiger partial charge in [0.15, 0.2) is 0 Å². The number of hydrogen-bond acceptors (Lipinski definition) is 2. The quantitative estimate of drug-likeness (QED) is 0.901. The van der Waals surface area contributed by atoms with E-state index in [1.807, 2.05) is 44.4 Å². The summed E-state index contributed by atoms with van der Waals surface area (Å²) in [6.45, 7) is 5.76. The number of anilines is 1. The molecule has 0 saturated heterocycles. The van der Waals surface area contributed by atoms with E-state index in [9.17, 15) is 0 Å². The van der Waals surface area contributed by atoms with E-state index in [1.54, 1.807) is 0 Å². The highest BCUT2D eigenvalue weighted by molar-refractivity contribution is 6.31. The summed E-state index contributed by atoms with van der Waals surface area (Å²) >= 11 is 6.06. The van der Waals surface area contributed by atoms with Gasteiger partial charge < -0.3 is 9.88 Å². The molecule has 1 aromatic heterocycles. The maximum absolute atomic E-state index is 6.06. The molecule has 0 aliphatic rings. The molecule has 90 valence electrons. The number of halogens is 1. The molecule has 3 nitrogen and oxygen atoms in total. The van der Waals surface area contributed by atoms with Gasteiger partial charge in [0.25, 0.3) is 0 Å². The normalized spacial score (nSPS) is 10.5. The van der Waals surface area contributed by atoms with E-state index in [1.165, 1.54) is 0 Å². The maximum atomic E-state index is 6.06. The smallest absolute Gasteiger partial charge is 0.105 e. The standard InChI is InChI=1S/C13H16ClN3/c1-10-3-4-12(9-13(10)14)16-6-8-17-7-5-15-11(17)2/h3-5,7,9,16H,6,8H2,1-2H3. The van der Waals surface area contributed by atoms with Gasteiger partial charge in [0.2, 0.25) is 0 Å². The Labute approximate surface area is 106 Å². The number of imidazole rings is 1. The SMILES string of the molecule is Cc1ccc(NCCn2ccnc2C)cc1Cl. The molecule has 1 aromatic carbocycles. The van der Waals surface area contributed by atoms with E-state index in [-0.39, 0.29) is 0 Å². The second kappa shape index (κ2) is 5.23. The van der Waals surface area contributed by atoms with Crippen molar-refractivity contribution in [2.45, 2.75) is 20.4 Å². The number of nitrogens with one attached hydrogen (secondary N) is 1. The van der Waals surface area contributed by atoms with Crippen molar-refractivity contribution in [3.8, 4) is 0 Å². The van der Waals surface area contributed by atoms with Gasteiger partial charge in [-0.15, -0.1) is 0 Å². The first-order chi connectivity index (χ1) is 8.16. The number of rotatable bonds is 4. The fraction of sp³-hybridized carbons (Fsp3) is 0.308. The topological polar surface area (TPSA) is 29.9 Å². The molecule has 2 aromatic rings. The van der Waals surface area contributed by atoms with E-state index in [0.717, 1.165) is 35.2 Å². The molecule has 0 atom stereocenters. The Bertz CT molecular complexity index is 505. The lowest BCUT2D eigenvalue weighted by molar-refractivity contribution is 0.701. The van der Waals surface area contributed by atoms with Gasteiger partial charge in [-0.2, -0.15) is 0 Å². The van der Waals surface area contributed by atoms with Crippen LogP contribution in [0.25, 0.3) is 0 Å². The summed E-state index contributed by atoms with van der Waals surface area (Å²) in [5.41, 5.74) is 2.15. The highest BCUT2D eigenvalue weighted by atomic mass is 35.5. The summed E-state index contributed by atoms with van der Waals surface area (Å²) in [7, 11) is 0. The zero-order chi connectivity index (χ0) is 12.3. The Hall–Kier alpha value is -1.48. The summed E-state index contributed by atoms with van der Waals surface area (Å²) in [6, 6.07) is 6.02. The zero-order valence-electron chi connectivity index (χ0n) is 10.1. The van der Waals surface area contributed by atoms with Gasteiger partial charge in [0.05, 0.1) is 0 Å². The van der Waals surface area contributed by atoms with Crippen LogP contribution in [0, 0.1) is 13.8 Å². The predicted molar refractivity (Wildman–Crippen MR) is 71.6 cm³/mol. The van der Waals surface area contributed by atoms with E-state index in [2.05, 4.69) is 14.9 Å². The lowest BCUT2D eigenvalue weighted by atomic mass is 10.2. The molecule has 2 rings (SSSR count). The summed E-state index contributed by atoms with van der Waals surface area (Å²) in [5.74, 6) is 1.04. The minimum atomic E-state index is 0.800. The minimum absolute atomic E-state index is 0.800. The van der Waals surface area contributed by atoms with Crippen LogP contribution in [0.3, 0.4) is 0 Å². The third kappa shape index (κ3) is 3.01. The number of nitrogens with zero attached hydrogens (tertiary/aromatic N) is 2. The minimum Gasteiger partial charge on any atom is -0.383 e. The highest BCUT2D eigenvalue weighted by Gasteiger charge is 1.98. The van der Waals surface area contributed by atoms with Crippen LogP contribution >= 0.6 is 11.6 Å². The Kier molecular flexibility index (Phi) is 3.69. The molecule has 0 amide bonds. The van der Waals surface area contributed by atoms with Crippen molar-refractivity contribution in [3.63, 3.8) is 0 Å². The van der Waals surface area contributed by atoms with Gasteiger partial charge in [-0.3, -0.25) is 0 Å². The van der Waals surface area contributed by atoms with Crippen LogP contribution in [0.15, 0.2) is 30.6 Å². The van der Waals surface area contributed by atoms with Crippen molar-refractivity contribution < 1.29 is 0 Å². The van der Waals surface area contributed by atoms with Crippen molar-refractivity contribution in [1.82, 2.24) is 9.55 Å². The summed E-state index contributed by atoms with van der Waals surface area (Å²) in [6.07, 6.45) is 3.80.